The van der Waals surface area contributed by atoms with Crippen LogP contribution in [0.15, 0.2) is 48.8 Å². The Morgan fingerprint density at radius 1 is 0.883 bits per heavy atom. The van der Waals surface area contributed by atoms with Gasteiger partial charge in [-0.05, 0) is 72.9 Å². The van der Waals surface area contributed by atoms with Crippen molar-refractivity contribution in [2.75, 3.05) is 27.3 Å². The summed E-state index contributed by atoms with van der Waals surface area (Å²) in [6.45, 7) is 14.0. The topological polar surface area (TPSA) is 180 Å². The van der Waals surface area contributed by atoms with Gasteiger partial charge in [-0.15, -0.1) is 0 Å². The third-order valence-electron chi connectivity index (χ3n) is 11.8. The Morgan fingerprint density at radius 3 is 2.23 bits per heavy atom. The van der Waals surface area contributed by atoms with Crippen LogP contribution in [0, 0.1) is 11.8 Å². The molecule has 1 saturated heterocycles. The highest BCUT2D eigenvalue weighted by atomic mass is 16.5. The summed E-state index contributed by atoms with van der Waals surface area (Å²) < 4.78 is 12.0. The minimum absolute atomic E-state index is 0.111. The Morgan fingerprint density at radius 2 is 1.55 bits per heavy atom. The van der Waals surface area contributed by atoms with E-state index < -0.39 is 24.3 Å². The number of amides is 4. The number of nitrogens with zero attached hydrogens (tertiary/aromatic N) is 5. The van der Waals surface area contributed by atoms with E-state index in [4.69, 9.17) is 14.5 Å². The first-order chi connectivity index (χ1) is 28.9. The number of benzene rings is 2. The van der Waals surface area contributed by atoms with Crippen molar-refractivity contribution < 1.29 is 28.7 Å². The molecule has 3 atom stereocenters. The fourth-order valence-electron chi connectivity index (χ4n) is 8.78. The number of rotatable bonds is 14. The van der Waals surface area contributed by atoms with Crippen LogP contribution in [0.1, 0.15) is 89.6 Å². The largest absolute Gasteiger partial charge is 0.453 e. The summed E-state index contributed by atoms with van der Waals surface area (Å²) in [7, 11) is 2.58. The number of H-pyrrole nitrogens is 2. The molecule has 5 aromatic rings. The standard InChI is InChI=1S/C45H57N9O6/c1-9-17-52(42(55)38(25(3)4)50-44(57)59-7)24-37-46-22-33(48-37)28-14-16-35-31(20-28)32-21-29-19-27(13-15-30(29)40(32)53(35)10-2)34-23-47-41(49-34)36-12-11-18-54(36)43(56)39(26(5)6)51-45(58)60-8/h13-16,19-20,22-23,25-26,36,38-39H,9-12,17-18,21,24H2,1-8H3,(H,46,48)(H,47,49)(H,50,57)(H,51,58)/t36-,38?,39?/m0/s1. The number of aromatic nitrogens is 5. The van der Waals surface area contributed by atoms with Gasteiger partial charge >= 0.3 is 12.2 Å². The average Bonchev–Trinajstić information content (AvgIpc) is 4.09. The molecule has 318 valence electrons. The number of aromatic amines is 2. The van der Waals surface area contributed by atoms with Crippen LogP contribution in [0.25, 0.3) is 44.7 Å². The van der Waals surface area contributed by atoms with Crippen molar-refractivity contribution in [3.63, 3.8) is 0 Å². The number of likely N-dealkylation sites (tertiary alicyclic amines) is 1. The molecule has 7 rings (SSSR count). The van der Waals surface area contributed by atoms with Crippen molar-refractivity contribution in [2.45, 2.75) is 98.4 Å². The highest BCUT2D eigenvalue weighted by Crippen LogP contribution is 2.45. The average molecular weight is 820 g/mol. The van der Waals surface area contributed by atoms with Crippen LogP contribution in [-0.4, -0.2) is 97.7 Å². The Bertz CT molecular complexity index is 2390. The van der Waals surface area contributed by atoms with Crippen LogP contribution < -0.4 is 10.6 Å². The smallest absolute Gasteiger partial charge is 0.407 e. The van der Waals surface area contributed by atoms with Gasteiger partial charge in [-0.3, -0.25) is 9.59 Å². The van der Waals surface area contributed by atoms with E-state index in [0.29, 0.717) is 18.9 Å². The molecule has 1 aliphatic carbocycles. The Labute approximate surface area is 350 Å². The zero-order valence-corrected chi connectivity index (χ0v) is 35.8. The zero-order chi connectivity index (χ0) is 42.8. The van der Waals surface area contributed by atoms with E-state index in [1.165, 1.54) is 47.5 Å². The van der Waals surface area contributed by atoms with E-state index in [1.54, 1.807) is 4.90 Å². The maximum Gasteiger partial charge on any atom is 0.407 e. The second-order valence-electron chi connectivity index (χ2n) is 16.4. The fraction of sp³-hybridized carbons (Fsp3) is 0.467. The number of methoxy groups -OCH3 is 2. The predicted octanol–water partition coefficient (Wildman–Crippen LogP) is 7.18. The number of aryl methyl sites for hydroxylation is 1. The molecule has 15 nitrogen and oxygen atoms in total. The van der Waals surface area contributed by atoms with Gasteiger partial charge in [0.15, 0.2) is 0 Å². The lowest BCUT2D eigenvalue weighted by Gasteiger charge is -2.30. The lowest BCUT2D eigenvalue weighted by atomic mass is 10.0. The number of alkyl carbamates (subject to hydrolysis) is 2. The molecule has 2 aliphatic rings. The van der Waals surface area contributed by atoms with E-state index in [1.807, 2.05) is 51.9 Å². The van der Waals surface area contributed by atoms with Crippen molar-refractivity contribution in [2.24, 2.45) is 11.8 Å². The molecule has 0 saturated carbocycles. The molecule has 2 aromatic carbocycles. The summed E-state index contributed by atoms with van der Waals surface area (Å²) >= 11 is 0. The van der Waals surface area contributed by atoms with Crippen molar-refractivity contribution >= 4 is 34.9 Å². The third-order valence-corrected chi connectivity index (χ3v) is 11.8. The van der Waals surface area contributed by atoms with Gasteiger partial charge in [0.1, 0.15) is 23.7 Å². The zero-order valence-electron chi connectivity index (χ0n) is 35.8. The molecule has 3 aromatic heterocycles. The van der Waals surface area contributed by atoms with Crippen LogP contribution in [0.5, 0.6) is 0 Å². The molecular weight excluding hydrogens is 763 g/mol. The molecule has 4 heterocycles. The lowest BCUT2D eigenvalue weighted by molar-refractivity contribution is -0.136. The molecule has 0 spiro atoms. The molecule has 4 N–H and O–H groups in total. The molecule has 0 radical (unpaired) electrons. The van der Waals surface area contributed by atoms with Crippen molar-refractivity contribution in [3.8, 4) is 33.8 Å². The molecule has 0 bridgehead atoms. The number of nitrogens with one attached hydrogen (secondary N) is 4. The van der Waals surface area contributed by atoms with Gasteiger partial charge in [0.05, 0.1) is 56.3 Å². The highest BCUT2D eigenvalue weighted by molar-refractivity contribution is 5.98. The van der Waals surface area contributed by atoms with Crippen molar-refractivity contribution in [3.05, 3.63) is 71.6 Å². The number of fused-ring (bicyclic) bond motifs is 5. The Hall–Kier alpha value is -6.12. The molecular formula is C45H57N9O6. The second kappa shape index (κ2) is 17.6. The van der Waals surface area contributed by atoms with Crippen LogP contribution in [0.3, 0.4) is 0 Å². The molecule has 2 unspecified atom stereocenters. The van der Waals surface area contributed by atoms with E-state index >= 15 is 0 Å². The second-order valence-corrected chi connectivity index (χ2v) is 16.4. The summed E-state index contributed by atoms with van der Waals surface area (Å²) in [6.07, 6.45) is 5.56. The molecule has 15 heteroatoms. The molecule has 1 aliphatic heterocycles. The van der Waals surface area contributed by atoms with Crippen LogP contribution in [-0.2, 0) is 38.6 Å². The maximum atomic E-state index is 13.7. The minimum Gasteiger partial charge on any atom is -0.453 e. The van der Waals surface area contributed by atoms with Gasteiger partial charge < -0.3 is 44.4 Å². The van der Waals surface area contributed by atoms with Crippen LogP contribution in [0.2, 0.25) is 0 Å². The summed E-state index contributed by atoms with van der Waals surface area (Å²) in [6, 6.07) is 11.5. The van der Waals surface area contributed by atoms with Crippen LogP contribution >= 0.6 is 0 Å². The highest BCUT2D eigenvalue weighted by Gasteiger charge is 2.38. The molecule has 1 fully saturated rings. The number of hydrogen-bond acceptors (Lipinski definition) is 8. The van der Waals surface area contributed by atoms with Crippen LogP contribution in [0.4, 0.5) is 9.59 Å². The van der Waals surface area contributed by atoms with E-state index in [0.717, 1.165) is 60.6 Å². The Kier molecular flexibility index (Phi) is 12.3. The van der Waals surface area contributed by atoms with Crippen molar-refractivity contribution in [1.29, 1.82) is 0 Å². The van der Waals surface area contributed by atoms with Crippen molar-refractivity contribution in [1.82, 2.24) is 44.9 Å². The normalized spacial score (nSPS) is 15.6. The van der Waals surface area contributed by atoms with Gasteiger partial charge in [-0.1, -0.05) is 52.8 Å². The van der Waals surface area contributed by atoms with Gasteiger partial charge in [-0.25, -0.2) is 19.6 Å². The van der Waals surface area contributed by atoms with Gasteiger partial charge in [0.25, 0.3) is 0 Å². The number of imidazole rings is 2. The lowest BCUT2D eigenvalue weighted by Crippen LogP contribution is -2.51. The first kappa shape index (κ1) is 42.0. The van der Waals surface area contributed by atoms with E-state index in [2.05, 4.69) is 73.5 Å². The number of carbonyl (C=O) groups is 4. The summed E-state index contributed by atoms with van der Waals surface area (Å²) in [5, 5.41) is 6.60. The molecule has 4 amide bonds. The summed E-state index contributed by atoms with van der Waals surface area (Å²) in [4.78, 5) is 71.4. The number of hydrogen-bond donors (Lipinski definition) is 4. The van der Waals surface area contributed by atoms with Gasteiger partial charge in [-0.2, -0.15) is 0 Å². The van der Waals surface area contributed by atoms with Gasteiger partial charge in [0, 0.05) is 48.1 Å². The summed E-state index contributed by atoms with van der Waals surface area (Å²) in [5.74, 6) is 0.842. The first-order valence-corrected chi connectivity index (χ1v) is 21.0. The third kappa shape index (κ3) is 8.09. The monoisotopic (exact) mass is 819 g/mol. The SMILES string of the molecule is CCCN(Cc1ncc(-c2ccc3c(c2)c2c(n3CC)-c3ccc(-c4cnc([C@@H]5CCCN5C(=O)C(NC(=O)OC)C(C)C)[nH]4)cc3C2)[nH]1)C(=O)C(NC(=O)OC)C(C)C. The minimum atomic E-state index is -0.718. The van der Waals surface area contributed by atoms with E-state index in [-0.39, 0.29) is 36.2 Å². The number of carbonyl (C=O) groups excluding carboxylic acids is 4. The van der Waals surface area contributed by atoms with Gasteiger partial charge in [0.2, 0.25) is 11.8 Å². The predicted molar refractivity (Wildman–Crippen MR) is 229 cm³/mol. The first-order valence-electron chi connectivity index (χ1n) is 21.0. The summed E-state index contributed by atoms with van der Waals surface area (Å²) in [5.41, 5.74) is 9.90. The Balaban J connectivity index is 1.11. The maximum absolute atomic E-state index is 13.7. The quantitative estimate of drug-likeness (QED) is 0.0893. The number of ether oxygens (including phenoxy) is 2. The fourth-order valence-corrected chi connectivity index (χ4v) is 8.78. The molecule has 60 heavy (non-hydrogen) atoms. The van der Waals surface area contributed by atoms with E-state index in [9.17, 15) is 19.2 Å².